The average Bonchev–Trinajstić information content (AvgIpc) is 3.60. The van der Waals surface area contributed by atoms with Crippen molar-refractivity contribution in [1.82, 2.24) is 15.5 Å². The third kappa shape index (κ3) is 3.61. The summed E-state index contributed by atoms with van der Waals surface area (Å²) >= 11 is 0. The first-order valence-electron chi connectivity index (χ1n) is 11.1. The van der Waals surface area contributed by atoms with Crippen molar-refractivity contribution < 1.29 is 13.7 Å². The Labute approximate surface area is 190 Å². The van der Waals surface area contributed by atoms with E-state index in [0.717, 1.165) is 47.0 Å². The Morgan fingerprint density at radius 1 is 1.03 bits per heavy atom. The molecule has 1 saturated heterocycles. The van der Waals surface area contributed by atoms with Crippen LogP contribution in [-0.2, 0) is 0 Å². The Balaban J connectivity index is 1.19. The third-order valence-corrected chi connectivity index (χ3v) is 6.18. The summed E-state index contributed by atoms with van der Waals surface area (Å²) in [6.45, 7) is 1.38. The molecule has 0 bridgehead atoms. The van der Waals surface area contributed by atoms with Gasteiger partial charge in [0.15, 0.2) is 11.3 Å². The fourth-order valence-corrected chi connectivity index (χ4v) is 4.48. The van der Waals surface area contributed by atoms with Crippen LogP contribution in [-0.4, -0.2) is 35.2 Å². The summed E-state index contributed by atoms with van der Waals surface area (Å²) in [6.07, 6.45) is 2.01. The van der Waals surface area contributed by atoms with Crippen LogP contribution in [0, 0.1) is 0 Å². The van der Waals surface area contributed by atoms with Crippen LogP contribution in [0.15, 0.2) is 81.7 Å². The van der Waals surface area contributed by atoms with Crippen LogP contribution in [0.1, 0.15) is 23.2 Å². The molecule has 164 valence electrons. The zero-order valence-corrected chi connectivity index (χ0v) is 17.9. The molecule has 1 N–H and O–H groups in total. The number of hydrogen-bond donors (Lipinski definition) is 1. The van der Waals surface area contributed by atoms with E-state index in [9.17, 15) is 4.79 Å². The standard InChI is InChI=1S/C26H22N4O3/c31-25(18-12-13-21-20(15-18)24(33-29-21)17-7-2-1-3-8-17)27-16-19-9-6-14-30(19)26-28-22-10-4-5-11-23(22)32-26/h1-5,7-8,10-13,15,19H,6,9,14,16H2,(H,27,31). The van der Waals surface area contributed by atoms with Crippen LogP contribution in [0.25, 0.3) is 33.3 Å². The van der Waals surface area contributed by atoms with E-state index >= 15 is 0 Å². The van der Waals surface area contributed by atoms with E-state index in [1.807, 2.05) is 66.7 Å². The van der Waals surface area contributed by atoms with E-state index in [-0.39, 0.29) is 11.9 Å². The minimum Gasteiger partial charge on any atom is -0.423 e. The summed E-state index contributed by atoms with van der Waals surface area (Å²) in [5, 5.41) is 8.05. The van der Waals surface area contributed by atoms with E-state index in [0.29, 0.717) is 23.9 Å². The zero-order chi connectivity index (χ0) is 22.2. The highest BCUT2D eigenvalue weighted by Crippen LogP contribution is 2.30. The van der Waals surface area contributed by atoms with Crippen molar-refractivity contribution in [3.63, 3.8) is 0 Å². The van der Waals surface area contributed by atoms with E-state index in [1.165, 1.54) is 0 Å². The molecule has 0 spiro atoms. The highest BCUT2D eigenvalue weighted by atomic mass is 16.5. The molecule has 7 nitrogen and oxygen atoms in total. The maximum atomic E-state index is 13.0. The first-order valence-corrected chi connectivity index (χ1v) is 11.1. The van der Waals surface area contributed by atoms with Crippen LogP contribution in [0.3, 0.4) is 0 Å². The highest BCUT2D eigenvalue weighted by Gasteiger charge is 2.29. The normalized spacial score (nSPS) is 16.0. The van der Waals surface area contributed by atoms with Gasteiger partial charge in [-0.2, -0.15) is 4.98 Å². The second-order valence-corrected chi connectivity index (χ2v) is 8.27. The molecular weight excluding hydrogens is 416 g/mol. The molecule has 1 amide bonds. The number of rotatable bonds is 5. The number of fused-ring (bicyclic) bond motifs is 2. The maximum Gasteiger partial charge on any atom is 0.298 e. The monoisotopic (exact) mass is 438 g/mol. The first kappa shape index (κ1) is 19.5. The summed E-state index contributed by atoms with van der Waals surface area (Å²) in [5.74, 6) is 0.541. The van der Waals surface area contributed by atoms with Crippen LogP contribution >= 0.6 is 0 Å². The summed E-state index contributed by atoms with van der Waals surface area (Å²) in [4.78, 5) is 19.8. The van der Waals surface area contributed by atoms with Gasteiger partial charge in [0, 0.05) is 24.2 Å². The van der Waals surface area contributed by atoms with Gasteiger partial charge in [-0.05, 0) is 43.2 Å². The van der Waals surface area contributed by atoms with Crippen LogP contribution in [0.5, 0.6) is 0 Å². The highest BCUT2D eigenvalue weighted by molar-refractivity contribution is 6.01. The number of hydrogen-bond acceptors (Lipinski definition) is 6. The molecule has 2 aromatic heterocycles. The van der Waals surface area contributed by atoms with Crippen molar-refractivity contribution in [2.45, 2.75) is 18.9 Å². The van der Waals surface area contributed by atoms with Gasteiger partial charge in [-0.25, -0.2) is 0 Å². The van der Waals surface area contributed by atoms with E-state index in [2.05, 4.69) is 20.4 Å². The molecule has 1 fully saturated rings. The van der Waals surface area contributed by atoms with Gasteiger partial charge in [-0.15, -0.1) is 0 Å². The average molecular weight is 438 g/mol. The molecule has 0 radical (unpaired) electrons. The lowest BCUT2D eigenvalue weighted by atomic mass is 10.1. The molecule has 5 aromatic rings. The number of oxazole rings is 1. The minimum atomic E-state index is -0.124. The summed E-state index contributed by atoms with van der Waals surface area (Å²) in [7, 11) is 0. The quantitative estimate of drug-likeness (QED) is 0.414. The number of amides is 1. The van der Waals surface area contributed by atoms with Crippen molar-refractivity contribution >= 4 is 33.9 Å². The molecule has 0 saturated carbocycles. The van der Waals surface area contributed by atoms with Crippen molar-refractivity contribution in [3.8, 4) is 11.3 Å². The van der Waals surface area contributed by atoms with Gasteiger partial charge in [0.05, 0.1) is 11.4 Å². The van der Waals surface area contributed by atoms with Gasteiger partial charge in [-0.3, -0.25) is 4.79 Å². The lowest BCUT2D eigenvalue weighted by Crippen LogP contribution is -2.40. The summed E-state index contributed by atoms with van der Waals surface area (Å²) < 4.78 is 11.5. The Bertz CT molecular complexity index is 1410. The SMILES string of the molecule is O=C(NCC1CCCN1c1nc2ccccc2o1)c1ccc2noc(-c3ccccc3)c2c1. The smallest absolute Gasteiger partial charge is 0.298 e. The van der Waals surface area contributed by atoms with Gasteiger partial charge in [0.25, 0.3) is 11.9 Å². The number of nitrogens with zero attached hydrogens (tertiary/aromatic N) is 3. The molecule has 3 heterocycles. The topological polar surface area (TPSA) is 84.4 Å². The Morgan fingerprint density at radius 2 is 1.88 bits per heavy atom. The largest absolute Gasteiger partial charge is 0.423 e. The molecule has 6 rings (SSSR count). The number of benzene rings is 3. The van der Waals surface area contributed by atoms with E-state index in [1.54, 1.807) is 6.07 Å². The summed E-state index contributed by atoms with van der Waals surface area (Å²) in [6, 6.07) is 23.7. The first-order chi connectivity index (χ1) is 16.3. The van der Waals surface area contributed by atoms with E-state index < -0.39 is 0 Å². The Hall–Kier alpha value is -4.13. The van der Waals surface area contributed by atoms with Gasteiger partial charge in [0.2, 0.25) is 0 Å². The van der Waals surface area contributed by atoms with Crippen molar-refractivity contribution in [2.24, 2.45) is 0 Å². The molecule has 33 heavy (non-hydrogen) atoms. The van der Waals surface area contributed by atoms with Crippen molar-refractivity contribution in [1.29, 1.82) is 0 Å². The maximum absolute atomic E-state index is 13.0. The molecule has 1 unspecified atom stereocenters. The fourth-order valence-electron chi connectivity index (χ4n) is 4.48. The molecule has 1 aliphatic heterocycles. The van der Waals surface area contributed by atoms with E-state index in [4.69, 9.17) is 8.94 Å². The van der Waals surface area contributed by atoms with Gasteiger partial charge in [-0.1, -0.05) is 47.6 Å². The molecule has 1 aliphatic rings. The fraction of sp³-hybridized carbons (Fsp3) is 0.192. The molecule has 1 atom stereocenters. The number of carbonyl (C=O) groups is 1. The van der Waals surface area contributed by atoms with Gasteiger partial charge < -0.3 is 19.2 Å². The summed E-state index contributed by atoms with van der Waals surface area (Å²) in [5.41, 5.74) is 3.85. The molecule has 7 heteroatoms. The second kappa shape index (κ2) is 8.09. The lowest BCUT2D eigenvalue weighted by molar-refractivity contribution is 0.0951. The molecular formula is C26H22N4O3. The molecule has 0 aliphatic carbocycles. The third-order valence-electron chi connectivity index (χ3n) is 6.18. The van der Waals surface area contributed by atoms with Crippen LogP contribution in [0.2, 0.25) is 0 Å². The van der Waals surface area contributed by atoms with Crippen LogP contribution < -0.4 is 10.2 Å². The van der Waals surface area contributed by atoms with Gasteiger partial charge >= 0.3 is 0 Å². The Kier molecular flexibility index (Phi) is 4.79. The van der Waals surface area contributed by atoms with Crippen LogP contribution in [0.4, 0.5) is 6.01 Å². The lowest BCUT2D eigenvalue weighted by Gasteiger charge is -2.23. The van der Waals surface area contributed by atoms with Gasteiger partial charge in [0.1, 0.15) is 11.0 Å². The predicted octanol–water partition coefficient (Wildman–Crippen LogP) is 5.03. The number of para-hydroxylation sites is 2. The second-order valence-electron chi connectivity index (χ2n) is 8.27. The number of anilines is 1. The number of aromatic nitrogens is 2. The molecule has 3 aromatic carbocycles. The number of nitrogens with one attached hydrogen (secondary N) is 1. The van der Waals surface area contributed by atoms with Crippen molar-refractivity contribution in [2.75, 3.05) is 18.0 Å². The zero-order valence-electron chi connectivity index (χ0n) is 17.9. The number of carbonyl (C=O) groups excluding carboxylic acids is 1. The predicted molar refractivity (Wildman–Crippen MR) is 126 cm³/mol. The Morgan fingerprint density at radius 3 is 2.76 bits per heavy atom. The van der Waals surface area contributed by atoms with Crippen molar-refractivity contribution in [3.05, 3.63) is 78.4 Å². The minimum absolute atomic E-state index is 0.124.